The molecule has 0 heterocycles. The van der Waals surface area contributed by atoms with Crippen molar-refractivity contribution < 1.29 is 10.0 Å². The molecule has 1 aliphatic rings. The number of oxime groups is 1. The number of carbonyl (C=O) groups excluding carboxylic acids is 1. The summed E-state index contributed by atoms with van der Waals surface area (Å²) >= 11 is 0. The van der Waals surface area contributed by atoms with Crippen molar-refractivity contribution in [3.8, 4) is 0 Å². The molecule has 1 saturated carbocycles. The van der Waals surface area contributed by atoms with Crippen molar-refractivity contribution in [1.29, 1.82) is 0 Å². The zero-order chi connectivity index (χ0) is 12.3. The minimum Gasteiger partial charge on any atom is -0.409 e. The standard InChI is InChI=1S/C11H21N3O2/c1-7(2)6-14(9-4-5-9)11(15)8(3)10(12)13-16/h7-9,16H,4-6H2,1-3H3,(H2,12,13). The molecule has 0 bridgehead atoms. The van der Waals surface area contributed by atoms with Crippen molar-refractivity contribution in [2.45, 2.75) is 39.7 Å². The van der Waals surface area contributed by atoms with Crippen LogP contribution < -0.4 is 5.73 Å². The van der Waals surface area contributed by atoms with E-state index in [1.165, 1.54) is 0 Å². The van der Waals surface area contributed by atoms with Gasteiger partial charge in [0.2, 0.25) is 5.91 Å². The number of hydrogen-bond acceptors (Lipinski definition) is 3. The number of amidine groups is 1. The number of rotatable bonds is 5. The van der Waals surface area contributed by atoms with E-state index < -0.39 is 5.92 Å². The molecule has 3 N–H and O–H groups in total. The summed E-state index contributed by atoms with van der Waals surface area (Å²) in [7, 11) is 0. The van der Waals surface area contributed by atoms with Gasteiger partial charge in [0, 0.05) is 12.6 Å². The Kier molecular flexibility index (Phi) is 4.15. The first-order valence-corrected chi connectivity index (χ1v) is 5.75. The summed E-state index contributed by atoms with van der Waals surface area (Å²) in [4.78, 5) is 14.0. The third kappa shape index (κ3) is 3.12. The Morgan fingerprint density at radius 2 is 2.06 bits per heavy atom. The average Bonchev–Trinajstić information content (AvgIpc) is 3.06. The lowest BCUT2D eigenvalue weighted by Gasteiger charge is -2.26. The van der Waals surface area contributed by atoms with Crippen LogP contribution in [0.2, 0.25) is 0 Å². The summed E-state index contributed by atoms with van der Waals surface area (Å²) in [5.41, 5.74) is 5.46. The Morgan fingerprint density at radius 3 is 2.44 bits per heavy atom. The van der Waals surface area contributed by atoms with Crippen molar-refractivity contribution >= 4 is 11.7 Å². The number of carbonyl (C=O) groups is 1. The molecule has 0 aromatic rings. The maximum absolute atomic E-state index is 12.1. The van der Waals surface area contributed by atoms with Crippen molar-refractivity contribution in [2.75, 3.05) is 6.54 Å². The smallest absolute Gasteiger partial charge is 0.233 e. The van der Waals surface area contributed by atoms with Crippen molar-refractivity contribution in [3.63, 3.8) is 0 Å². The van der Waals surface area contributed by atoms with Crippen LogP contribution in [-0.4, -0.2) is 34.4 Å². The van der Waals surface area contributed by atoms with Gasteiger partial charge in [-0.15, -0.1) is 0 Å². The van der Waals surface area contributed by atoms with E-state index in [2.05, 4.69) is 19.0 Å². The van der Waals surface area contributed by atoms with Gasteiger partial charge < -0.3 is 15.8 Å². The van der Waals surface area contributed by atoms with E-state index in [1.807, 2.05) is 4.90 Å². The van der Waals surface area contributed by atoms with Crippen molar-refractivity contribution in [1.82, 2.24) is 4.90 Å². The van der Waals surface area contributed by atoms with Crippen LogP contribution in [0.15, 0.2) is 5.16 Å². The monoisotopic (exact) mass is 227 g/mol. The van der Waals surface area contributed by atoms with Gasteiger partial charge in [0.25, 0.3) is 0 Å². The molecule has 1 rings (SSSR count). The summed E-state index contributed by atoms with van der Waals surface area (Å²) in [6.07, 6.45) is 2.14. The van der Waals surface area contributed by atoms with Gasteiger partial charge in [-0.05, 0) is 25.7 Å². The largest absolute Gasteiger partial charge is 0.409 e. The number of amides is 1. The van der Waals surface area contributed by atoms with E-state index >= 15 is 0 Å². The second kappa shape index (κ2) is 5.18. The van der Waals surface area contributed by atoms with Gasteiger partial charge in [-0.1, -0.05) is 19.0 Å². The number of hydrogen-bond donors (Lipinski definition) is 2. The van der Waals surface area contributed by atoms with E-state index in [-0.39, 0.29) is 11.7 Å². The number of nitrogens with two attached hydrogens (primary N) is 1. The molecule has 1 aliphatic carbocycles. The summed E-state index contributed by atoms with van der Waals surface area (Å²) in [5, 5.41) is 11.5. The van der Waals surface area contributed by atoms with E-state index in [4.69, 9.17) is 10.9 Å². The first-order valence-electron chi connectivity index (χ1n) is 5.75. The van der Waals surface area contributed by atoms with Gasteiger partial charge in [-0.25, -0.2) is 0 Å². The predicted octanol–water partition coefficient (Wildman–Crippen LogP) is 1.02. The molecule has 0 saturated heterocycles. The molecule has 5 nitrogen and oxygen atoms in total. The third-order valence-electron chi connectivity index (χ3n) is 2.76. The van der Waals surface area contributed by atoms with Gasteiger partial charge in [0.05, 0.1) is 5.92 Å². The molecular formula is C11H21N3O2. The molecule has 0 spiro atoms. The fourth-order valence-corrected chi connectivity index (χ4v) is 1.66. The van der Waals surface area contributed by atoms with Gasteiger partial charge >= 0.3 is 0 Å². The highest BCUT2D eigenvalue weighted by molar-refractivity contribution is 6.01. The second-order valence-corrected chi connectivity index (χ2v) is 4.86. The first-order chi connectivity index (χ1) is 7.47. The molecule has 0 radical (unpaired) electrons. The molecule has 1 unspecified atom stereocenters. The maximum atomic E-state index is 12.1. The molecule has 1 amide bonds. The van der Waals surface area contributed by atoms with E-state index in [1.54, 1.807) is 6.92 Å². The van der Waals surface area contributed by atoms with Gasteiger partial charge in [0.15, 0.2) is 5.84 Å². The van der Waals surface area contributed by atoms with Crippen LogP contribution in [0.5, 0.6) is 0 Å². The van der Waals surface area contributed by atoms with Crippen LogP contribution in [0.4, 0.5) is 0 Å². The fourth-order valence-electron chi connectivity index (χ4n) is 1.66. The fraction of sp³-hybridized carbons (Fsp3) is 0.818. The van der Waals surface area contributed by atoms with Crippen LogP contribution in [0.25, 0.3) is 0 Å². The zero-order valence-corrected chi connectivity index (χ0v) is 10.2. The Hall–Kier alpha value is -1.26. The molecule has 1 fully saturated rings. The van der Waals surface area contributed by atoms with E-state index in [9.17, 15) is 4.79 Å². The lowest BCUT2D eigenvalue weighted by Crippen LogP contribution is -2.43. The van der Waals surface area contributed by atoms with E-state index in [0.717, 1.165) is 19.4 Å². The minimum atomic E-state index is -0.538. The third-order valence-corrected chi connectivity index (χ3v) is 2.76. The van der Waals surface area contributed by atoms with Crippen molar-refractivity contribution in [3.05, 3.63) is 0 Å². The summed E-state index contributed by atoms with van der Waals surface area (Å²) < 4.78 is 0. The SMILES string of the molecule is CC(C)CN(C(=O)C(C)C(N)=NO)C1CC1. The Bertz CT molecular complexity index is 285. The molecule has 92 valence electrons. The van der Waals surface area contributed by atoms with Gasteiger partial charge in [-0.2, -0.15) is 0 Å². The molecule has 5 heteroatoms. The molecule has 16 heavy (non-hydrogen) atoms. The van der Waals surface area contributed by atoms with Crippen LogP contribution in [0, 0.1) is 11.8 Å². The van der Waals surface area contributed by atoms with Crippen LogP contribution in [-0.2, 0) is 4.79 Å². The summed E-state index contributed by atoms with van der Waals surface area (Å²) in [6.45, 7) is 6.58. The molecule has 0 aromatic heterocycles. The summed E-state index contributed by atoms with van der Waals surface area (Å²) in [5.74, 6) is -0.153. The van der Waals surface area contributed by atoms with Gasteiger partial charge in [0.1, 0.15) is 0 Å². The average molecular weight is 227 g/mol. The summed E-state index contributed by atoms with van der Waals surface area (Å²) in [6, 6.07) is 0.365. The highest BCUT2D eigenvalue weighted by Gasteiger charge is 2.35. The topological polar surface area (TPSA) is 78.9 Å². The Morgan fingerprint density at radius 1 is 1.50 bits per heavy atom. The van der Waals surface area contributed by atoms with Crippen LogP contribution >= 0.6 is 0 Å². The second-order valence-electron chi connectivity index (χ2n) is 4.86. The molecule has 1 atom stereocenters. The quantitative estimate of drug-likeness (QED) is 0.318. The zero-order valence-electron chi connectivity index (χ0n) is 10.2. The van der Waals surface area contributed by atoms with E-state index in [0.29, 0.717) is 12.0 Å². The predicted molar refractivity (Wildman–Crippen MR) is 62.1 cm³/mol. The normalized spacial score (nSPS) is 18.6. The lowest BCUT2D eigenvalue weighted by atomic mass is 10.1. The lowest BCUT2D eigenvalue weighted by molar-refractivity contribution is -0.134. The number of nitrogens with zero attached hydrogens (tertiary/aromatic N) is 2. The minimum absolute atomic E-state index is 0.0144. The van der Waals surface area contributed by atoms with Crippen LogP contribution in [0.1, 0.15) is 33.6 Å². The van der Waals surface area contributed by atoms with Gasteiger partial charge in [-0.3, -0.25) is 4.79 Å². The Balaban J connectivity index is 2.67. The Labute approximate surface area is 96.3 Å². The first kappa shape index (κ1) is 12.8. The van der Waals surface area contributed by atoms with Crippen LogP contribution in [0.3, 0.4) is 0 Å². The highest BCUT2D eigenvalue weighted by Crippen LogP contribution is 2.28. The molecular weight excluding hydrogens is 206 g/mol. The highest BCUT2D eigenvalue weighted by atomic mass is 16.4. The van der Waals surface area contributed by atoms with Crippen molar-refractivity contribution in [2.24, 2.45) is 22.7 Å². The maximum Gasteiger partial charge on any atom is 0.233 e. The molecule has 0 aromatic carbocycles. The molecule has 0 aliphatic heterocycles.